The molecule has 0 aromatic heterocycles. The first-order chi connectivity index (χ1) is 22.1. The molecule has 46 heavy (non-hydrogen) atoms. The largest absolute Gasteiger partial charge is 0.455 e. The quantitative estimate of drug-likeness (QED) is 0.142. The smallest absolute Gasteiger partial charge is 0.313 e. The van der Waals surface area contributed by atoms with Crippen molar-refractivity contribution < 1.29 is 33.8 Å². The summed E-state index contributed by atoms with van der Waals surface area (Å²) in [6, 6.07) is 7.54. The Balaban J connectivity index is 1.66. The third-order valence-electron chi connectivity index (χ3n) is 9.74. The van der Waals surface area contributed by atoms with E-state index in [1.54, 1.807) is 17.1 Å². The second kappa shape index (κ2) is 15.9. The summed E-state index contributed by atoms with van der Waals surface area (Å²) < 4.78 is 12.7. The number of carbonyl (C=O) groups excluding carboxylic acids is 4. The molecule has 0 saturated carbocycles. The molecule has 2 bridgehead atoms. The third-order valence-corrected chi connectivity index (χ3v) is 9.74. The van der Waals surface area contributed by atoms with Crippen molar-refractivity contribution in [3.8, 4) is 0 Å². The molecule has 3 aliphatic heterocycles. The van der Waals surface area contributed by atoms with Gasteiger partial charge in [0.1, 0.15) is 17.7 Å². The number of aliphatic hydroxyl groups is 1. The van der Waals surface area contributed by atoms with Crippen LogP contribution in [0.15, 0.2) is 55.6 Å². The molecule has 1 aromatic rings. The van der Waals surface area contributed by atoms with Crippen LogP contribution < -0.4 is 5.32 Å². The average molecular weight is 638 g/mol. The van der Waals surface area contributed by atoms with Crippen LogP contribution in [0.2, 0.25) is 0 Å². The minimum absolute atomic E-state index is 0.0647. The van der Waals surface area contributed by atoms with E-state index in [2.05, 4.69) is 25.4 Å². The third kappa shape index (κ3) is 7.08. The van der Waals surface area contributed by atoms with Crippen molar-refractivity contribution >= 4 is 23.7 Å². The second-order valence-electron chi connectivity index (χ2n) is 13.0. The minimum Gasteiger partial charge on any atom is -0.455 e. The van der Waals surface area contributed by atoms with E-state index in [1.165, 1.54) is 4.90 Å². The molecular formula is C36H51N3O7. The number of likely N-dealkylation sites (tertiary alicyclic amines) is 1. The number of unbranched alkanes of at least 4 members (excludes halogenated alkanes) is 2. The first-order valence-corrected chi connectivity index (χ1v) is 16.8. The summed E-state index contributed by atoms with van der Waals surface area (Å²) in [4.78, 5) is 58.8. The number of rotatable bonds is 18. The summed E-state index contributed by atoms with van der Waals surface area (Å²) in [6.07, 6.45) is 6.47. The highest BCUT2D eigenvalue weighted by atomic mass is 16.6. The molecule has 1 spiro atoms. The molecule has 7 atom stereocenters. The zero-order chi connectivity index (χ0) is 33.4. The Labute approximate surface area is 273 Å². The van der Waals surface area contributed by atoms with Crippen LogP contribution in [-0.4, -0.2) is 88.6 Å². The second-order valence-corrected chi connectivity index (χ2v) is 13.0. The Morgan fingerprint density at radius 1 is 1.20 bits per heavy atom. The number of amides is 3. The molecule has 3 heterocycles. The Bertz CT molecular complexity index is 1250. The Morgan fingerprint density at radius 2 is 1.93 bits per heavy atom. The molecular weight excluding hydrogens is 586 g/mol. The normalized spacial score (nSPS) is 26.0. The maximum absolute atomic E-state index is 14.5. The molecule has 2 N–H and O–H groups in total. The van der Waals surface area contributed by atoms with Gasteiger partial charge in [-0.25, -0.2) is 0 Å². The number of fused-ring (bicyclic) bond motifs is 1. The standard InChI is InChI=1S/C36H51N3O7/c1-6-9-14-21-38(20-8-3)34(43)32-36-19-18-27(46-36)30(31(36)33(42)39(32)26(23-40)24(4)5)35(44)45-28(25-15-12-11-13-16-25)22-37-29(41)17-10-7-2/h7-8,11-13,15-16,24,26-28,30-32,40H,2-3,6,9-10,14,17-23H2,1,4-5H3,(H,37,41)/t26-,27+,28+,30-,31-,32+,36-/m0/s1. The van der Waals surface area contributed by atoms with Gasteiger partial charge in [0.25, 0.3) is 0 Å². The highest BCUT2D eigenvalue weighted by Crippen LogP contribution is 2.59. The van der Waals surface area contributed by atoms with E-state index in [4.69, 9.17) is 9.47 Å². The van der Waals surface area contributed by atoms with E-state index < -0.39 is 47.7 Å². The molecule has 3 fully saturated rings. The topological polar surface area (TPSA) is 125 Å². The number of carbonyl (C=O) groups is 4. The van der Waals surface area contributed by atoms with Crippen LogP contribution >= 0.6 is 0 Å². The van der Waals surface area contributed by atoms with Crippen LogP contribution in [0.1, 0.15) is 77.4 Å². The molecule has 3 saturated heterocycles. The van der Waals surface area contributed by atoms with Crippen molar-refractivity contribution in [1.29, 1.82) is 0 Å². The average Bonchev–Trinajstić information content (AvgIpc) is 3.69. The van der Waals surface area contributed by atoms with E-state index in [0.717, 1.165) is 19.3 Å². The van der Waals surface area contributed by atoms with Crippen LogP contribution in [0, 0.1) is 17.8 Å². The number of allylic oxidation sites excluding steroid dienone is 1. The van der Waals surface area contributed by atoms with Gasteiger partial charge in [0.15, 0.2) is 0 Å². The SMILES string of the molecule is C=CCCC(=O)NC[C@@H](OC(=O)[C@@H]1[C@H]2C(=O)N([C@@H](CO)C(C)C)[C@H](C(=O)N(CC=C)CCCCC)[C@]23CC[C@H]1O3)c1ccccc1. The zero-order valence-corrected chi connectivity index (χ0v) is 27.6. The lowest BCUT2D eigenvalue weighted by molar-refractivity contribution is -0.161. The van der Waals surface area contributed by atoms with Gasteiger partial charge >= 0.3 is 5.97 Å². The number of hydrogen-bond acceptors (Lipinski definition) is 7. The van der Waals surface area contributed by atoms with Gasteiger partial charge in [0, 0.05) is 19.5 Å². The monoisotopic (exact) mass is 637 g/mol. The Morgan fingerprint density at radius 3 is 2.57 bits per heavy atom. The maximum Gasteiger partial charge on any atom is 0.313 e. The zero-order valence-electron chi connectivity index (χ0n) is 27.6. The van der Waals surface area contributed by atoms with Crippen molar-refractivity contribution in [2.45, 2.75) is 95.6 Å². The fourth-order valence-corrected chi connectivity index (χ4v) is 7.43. The predicted molar refractivity (Wildman–Crippen MR) is 174 cm³/mol. The van der Waals surface area contributed by atoms with Crippen molar-refractivity contribution in [2.75, 3.05) is 26.2 Å². The van der Waals surface area contributed by atoms with Gasteiger partial charge in [-0.1, -0.05) is 76.1 Å². The van der Waals surface area contributed by atoms with Crippen LogP contribution in [0.25, 0.3) is 0 Å². The first-order valence-electron chi connectivity index (χ1n) is 16.8. The molecule has 10 heteroatoms. The van der Waals surface area contributed by atoms with E-state index in [1.807, 2.05) is 44.2 Å². The summed E-state index contributed by atoms with van der Waals surface area (Å²) in [6.45, 7) is 14.0. The lowest BCUT2D eigenvalue weighted by atomic mass is 9.70. The summed E-state index contributed by atoms with van der Waals surface area (Å²) in [7, 11) is 0. The van der Waals surface area contributed by atoms with E-state index in [9.17, 15) is 24.3 Å². The number of aliphatic hydroxyl groups excluding tert-OH is 1. The summed E-state index contributed by atoms with van der Waals surface area (Å²) in [5.74, 6) is -3.40. The highest BCUT2D eigenvalue weighted by Gasteiger charge is 2.75. The fourth-order valence-electron chi connectivity index (χ4n) is 7.43. The van der Waals surface area contributed by atoms with Crippen LogP contribution in [0.5, 0.6) is 0 Å². The predicted octanol–water partition coefficient (Wildman–Crippen LogP) is 3.95. The Kier molecular flexibility index (Phi) is 12.2. The van der Waals surface area contributed by atoms with Gasteiger partial charge in [-0.3, -0.25) is 19.2 Å². The van der Waals surface area contributed by atoms with Crippen LogP contribution in [-0.2, 0) is 28.7 Å². The number of nitrogens with zero attached hydrogens (tertiary/aromatic N) is 2. The lowest BCUT2D eigenvalue weighted by Crippen LogP contribution is -2.59. The molecule has 3 amide bonds. The van der Waals surface area contributed by atoms with Crippen molar-refractivity contribution in [3.63, 3.8) is 0 Å². The molecule has 3 aliphatic rings. The number of hydrogen-bond donors (Lipinski definition) is 2. The Hall–Kier alpha value is -3.50. The van der Waals surface area contributed by atoms with Gasteiger partial charge in [0.05, 0.1) is 37.1 Å². The van der Waals surface area contributed by atoms with E-state index in [0.29, 0.717) is 37.9 Å². The summed E-state index contributed by atoms with van der Waals surface area (Å²) >= 11 is 0. The summed E-state index contributed by atoms with van der Waals surface area (Å²) in [5.41, 5.74) is -0.505. The molecule has 1 aromatic carbocycles. The lowest BCUT2D eigenvalue weighted by Gasteiger charge is -2.40. The van der Waals surface area contributed by atoms with Gasteiger partial charge < -0.3 is 29.7 Å². The van der Waals surface area contributed by atoms with Gasteiger partial charge in [-0.05, 0) is 37.2 Å². The van der Waals surface area contributed by atoms with Crippen LogP contribution in [0.4, 0.5) is 0 Å². The number of nitrogens with one attached hydrogen (secondary N) is 1. The van der Waals surface area contributed by atoms with E-state index in [-0.39, 0.29) is 43.2 Å². The minimum atomic E-state index is -1.21. The van der Waals surface area contributed by atoms with Gasteiger partial charge in [-0.15, -0.1) is 13.2 Å². The molecule has 10 nitrogen and oxygen atoms in total. The van der Waals surface area contributed by atoms with Gasteiger partial charge in [-0.2, -0.15) is 0 Å². The van der Waals surface area contributed by atoms with Gasteiger partial charge in [0.2, 0.25) is 17.7 Å². The first kappa shape index (κ1) is 35.4. The van der Waals surface area contributed by atoms with Crippen molar-refractivity contribution in [3.05, 3.63) is 61.2 Å². The number of benzene rings is 1. The molecule has 0 radical (unpaired) electrons. The maximum atomic E-state index is 14.5. The molecule has 0 aliphatic carbocycles. The molecule has 252 valence electrons. The highest BCUT2D eigenvalue weighted by molar-refractivity contribution is 5.98. The fraction of sp³-hybridized carbons (Fsp3) is 0.611. The number of esters is 1. The number of ether oxygens (including phenoxy) is 2. The molecule has 4 rings (SSSR count). The van der Waals surface area contributed by atoms with E-state index >= 15 is 0 Å². The van der Waals surface area contributed by atoms with Crippen LogP contribution in [0.3, 0.4) is 0 Å². The van der Waals surface area contributed by atoms with Crippen molar-refractivity contribution in [1.82, 2.24) is 15.1 Å². The summed E-state index contributed by atoms with van der Waals surface area (Å²) in [5, 5.41) is 13.3. The molecule has 0 unspecified atom stereocenters. The van der Waals surface area contributed by atoms with Crippen molar-refractivity contribution in [2.24, 2.45) is 17.8 Å².